The fourth-order valence-electron chi connectivity index (χ4n) is 2.05. The summed E-state index contributed by atoms with van der Waals surface area (Å²) in [5.74, 6) is -0.353. The van der Waals surface area contributed by atoms with Gasteiger partial charge in [0.15, 0.2) is 6.10 Å². The topological polar surface area (TPSA) is 56.3 Å². The number of pyridine rings is 1. The number of nitrogens with zero attached hydrogens (tertiary/aromatic N) is 1. The van der Waals surface area contributed by atoms with E-state index in [1.165, 1.54) is 6.20 Å². The summed E-state index contributed by atoms with van der Waals surface area (Å²) in [6.07, 6.45) is 1.76. The molecule has 4 heteroatoms. The van der Waals surface area contributed by atoms with Gasteiger partial charge in [-0.25, -0.2) is 4.79 Å². The van der Waals surface area contributed by atoms with E-state index in [2.05, 4.69) is 4.98 Å². The Kier molecular flexibility index (Phi) is 2.41. The lowest BCUT2D eigenvalue weighted by molar-refractivity contribution is 0.0449. The smallest absolute Gasteiger partial charge is 0.339 e. The average molecular weight is 239 g/mol. The van der Waals surface area contributed by atoms with Crippen molar-refractivity contribution in [3.05, 3.63) is 65.0 Å². The predicted octanol–water partition coefficient (Wildman–Crippen LogP) is 2.15. The van der Waals surface area contributed by atoms with E-state index < -0.39 is 6.10 Å². The van der Waals surface area contributed by atoms with Gasteiger partial charge in [0, 0.05) is 17.3 Å². The second-order valence-corrected chi connectivity index (χ2v) is 4.00. The van der Waals surface area contributed by atoms with Crippen molar-refractivity contribution >= 4 is 12.3 Å². The third-order valence-corrected chi connectivity index (χ3v) is 2.90. The molecule has 0 saturated heterocycles. The SMILES string of the molecule is O=Cc1ccnc(C2OC(=O)c3ccccc32)c1. The summed E-state index contributed by atoms with van der Waals surface area (Å²) in [4.78, 5) is 26.6. The maximum atomic E-state index is 11.7. The highest BCUT2D eigenvalue weighted by molar-refractivity contribution is 5.94. The number of fused-ring (bicyclic) bond motifs is 1. The number of rotatable bonds is 2. The Labute approximate surface area is 103 Å². The Hall–Kier alpha value is -2.49. The molecule has 0 radical (unpaired) electrons. The molecule has 0 bridgehead atoms. The molecule has 2 heterocycles. The van der Waals surface area contributed by atoms with Crippen LogP contribution in [0, 0.1) is 0 Å². The van der Waals surface area contributed by atoms with Crippen LogP contribution in [0.25, 0.3) is 0 Å². The molecular formula is C14H9NO3. The first-order valence-corrected chi connectivity index (χ1v) is 5.50. The quantitative estimate of drug-likeness (QED) is 0.595. The molecular weight excluding hydrogens is 230 g/mol. The lowest BCUT2D eigenvalue weighted by atomic mass is 10.0. The Morgan fingerprint density at radius 2 is 2.06 bits per heavy atom. The van der Waals surface area contributed by atoms with Crippen molar-refractivity contribution in [1.82, 2.24) is 4.98 Å². The first-order chi connectivity index (χ1) is 8.79. The van der Waals surface area contributed by atoms with Crippen molar-refractivity contribution < 1.29 is 14.3 Å². The highest BCUT2D eigenvalue weighted by atomic mass is 16.5. The molecule has 1 unspecified atom stereocenters. The van der Waals surface area contributed by atoms with E-state index in [0.29, 0.717) is 16.8 Å². The van der Waals surface area contributed by atoms with Crippen LogP contribution in [0.3, 0.4) is 0 Å². The van der Waals surface area contributed by atoms with Gasteiger partial charge in [0.05, 0.1) is 11.3 Å². The number of hydrogen-bond acceptors (Lipinski definition) is 4. The summed E-state index contributed by atoms with van der Waals surface area (Å²) in [6.45, 7) is 0. The molecule has 1 aliphatic heterocycles. The van der Waals surface area contributed by atoms with E-state index in [9.17, 15) is 9.59 Å². The Morgan fingerprint density at radius 3 is 2.89 bits per heavy atom. The van der Waals surface area contributed by atoms with Crippen LogP contribution in [-0.4, -0.2) is 17.2 Å². The fraction of sp³-hybridized carbons (Fsp3) is 0.0714. The van der Waals surface area contributed by atoms with Gasteiger partial charge in [0.25, 0.3) is 0 Å². The van der Waals surface area contributed by atoms with E-state index in [4.69, 9.17) is 4.74 Å². The van der Waals surface area contributed by atoms with Crippen LogP contribution in [0.4, 0.5) is 0 Å². The number of carbonyl (C=O) groups excluding carboxylic acids is 2. The van der Waals surface area contributed by atoms with E-state index in [0.717, 1.165) is 11.8 Å². The van der Waals surface area contributed by atoms with E-state index >= 15 is 0 Å². The molecule has 0 fully saturated rings. The van der Waals surface area contributed by atoms with Gasteiger partial charge >= 0.3 is 5.97 Å². The summed E-state index contributed by atoms with van der Waals surface area (Å²) in [6, 6.07) is 10.4. The minimum atomic E-state index is -0.520. The van der Waals surface area contributed by atoms with Crippen LogP contribution in [-0.2, 0) is 4.74 Å². The maximum Gasteiger partial charge on any atom is 0.339 e. The molecule has 0 spiro atoms. The number of hydrogen-bond donors (Lipinski definition) is 0. The zero-order valence-corrected chi connectivity index (χ0v) is 9.37. The van der Waals surface area contributed by atoms with Crippen LogP contribution in [0.2, 0.25) is 0 Å². The Balaban J connectivity index is 2.09. The monoisotopic (exact) mass is 239 g/mol. The van der Waals surface area contributed by atoms with Crippen molar-refractivity contribution in [3.8, 4) is 0 Å². The molecule has 1 aromatic carbocycles. The lowest BCUT2D eigenvalue weighted by Gasteiger charge is -2.09. The number of carbonyl (C=O) groups is 2. The summed E-state index contributed by atoms with van der Waals surface area (Å²) < 4.78 is 5.30. The molecule has 0 aliphatic carbocycles. The summed E-state index contributed by atoms with van der Waals surface area (Å²) in [5, 5.41) is 0. The van der Waals surface area contributed by atoms with Gasteiger partial charge in [-0.15, -0.1) is 0 Å². The maximum absolute atomic E-state index is 11.7. The van der Waals surface area contributed by atoms with E-state index in [1.807, 2.05) is 12.1 Å². The van der Waals surface area contributed by atoms with Crippen molar-refractivity contribution in [2.75, 3.05) is 0 Å². The van der Waals surface area contributed by atoms with Gasteiger partial charge in [-0.05, 0) is 18.2 Å². The van der Waals surface area contributed by atoms with Gasteiger partial charge < -0.3 is 4.74 Å². The minimum absolute atomic E-state index is 0.353. The Bertz CT molecular complexity index is 636. The molecule has 3 rings (SSSR count). The number of aldehydes is 1. The number of ether oxygens (including phenoxy) is 1. The average Bonchev–Trinajstić information content (AvgIpc) is 2.77. The molecule has 1 atom stereocenters. The number of esters is 1. The molecule has 88 valence electrons. The molecule has 4 nitrogen and oxygen atoms in total. The second kappa shape index (κ2) is 4.07. The van der Waals surface area contributed by atoms with E-state index in [-0.39, 0.29) is 5.97 Å². The highest BCUT2D eigenvalue weighted by Gasteiger charge is 2.32. The van der Waals surface area contributed by atoms with Crippen LogP contribution >= 0.6 is 0 Å². The number of aromatic nitrogens is 1. The van der Waals surface area contributed by atoms with Gasteiger partial charge in [0.2, 0.25) is 0 Å². The molecule has 18 heavy (non-hydrogen) atoms. The summed E-state index contributed by atoms with van der Waals surface area (Å²) in [5.41, 5.74) is 2.43. The third kappa shape index (κ3) is 1.59. The van der Waals surface area contributed by atoms with Gasteiger partial charge in [0.1, 0.15) is 6.29 Å². The molecule has 2 aromatic rings. The first kappa shape index (κ1) is 10.7. The van der Waals surface area contributed by atoms with Gasteiger partial charge in [-0.2, -0.15) is 0 Å². The van der Waals surface area contributed by atoms with Crippen LogP contribution in [0.1, 0.15) is 38.1 Å². The number of cyclic esters (lactones) is 1. The van der Waals surface area contributed by atoms with Crippen molar-refractivity contribution in [2.45, 2.75) is 6.10 Å². The summed E-state index contributed by atoms with van der Waals surface area (Å²) in [7, 11) is 0. The van der Waals surface area contributed by atoms with Crippen LogP contribution in [0.5, 0.6) is 0 Å². The first-order valence-electron chi connectivity index (χ1n) is 5.50. The normalized spacial score (nSPS) is 17.1. The van der Waals surface area contributed by atoms with Gasteiger partial charge in [-0.3, -0.25) is 9.78 Å². The Morgan fingerprint density at radius 1 is 1.22 bits per heavy atom. The van der Waals surface area contributed by atoms with Gasteiger partial charge in [-0.1, -0.05) is 18.2 Å². The lowest BCUT2D eigenvalue weighted by Crippen LogP contribution is -2.03. The van der Waals surface area contributed by atoms with Crippen LogP contribution < -0.4 is 0 Å². The van der Waals surface area contributed by atoms with E-state index in [1.54, 1.807) is 24.3 Å². The molecule has 0 N–H and O–H groups in total. The zero-order valence-electron chi connectivity index (χ0n) is 9.37. The summed E-state index contributed by atoms with van der Waals surface area (Å²) >= 11 is 0. The standard InChI is InChI=1S/C14H9NO3/c16-8-9-5-6-15-12(7-9)13-10-3-1-2-4-11(10)14(17)18-13/h1-8,13H. The highest BCUT2D eigenvalue weighted by Crippen LogP contribution is 2.34. The fourth-order valence-corrected chi connectivity index (χ4v) is 2.05. The molecule has 0 saturated carbocycles. The van der Waals surface area contributed by atoms with Crippen molar-refractivity contribution in [3.63, 3.8) is 0 Å². The van der Waals surface area contributed by atoms with Crippen molar-refractivity contribution in [2.24, 2.45) is 0 Å². The predicted molar refractivity (Wildman–Crippen MR) is 63.3 cm³/mol. The molecule has 1 aromatic heterocycles. The molecule has 1 aliphatic rings. The minimum Gasteiger partial charge on any atom is -0.447 e. The molecule has 0 amide bonds. The van der Waals surface area contributed by atoms with Crippen molar-refractivity contribution in [1.29, 1.82) is 0 Å². The number of benzene rings is 1. The van der Waals surface area contributed by atoms with Crippen LogP contribution in [0.15, 0.2) is 42.6 Å². The third-order valence-electron chi connectivity index (χ3n) is 2.90. The second-order valence-electron chi connectivity index (χ2n) is 4.00. The zero-order chi connectivity index (χ0) is 12.5. The largest absolute Gasteiger partial charge is 0.447 e.